The van der Waals surface area contributed by atoms with Gasteiger partial charge in [0.15, 0.2) is 0 Å². The lowest BCUT2D eigenvalue weighted by atomic mass is 9.75. The van der Waals surface area contributed by atoms with Crippen LogP contribution in [0.15, 0.2) is 0 Å². The van der Waals surface area contributed by atoms with E-state index in [9.17, 15) is 0 Å². The first-order chi connectivity index (χ1) is 9.18. The molecule has 118 valence electrons. The van der Waals surface area contributed by atoms with Crippen LogP contribution >= 0.6 is 0 Å². The SMILES string of the molecule is CC(C)(C)C1CCN(C2CCN(C(C)(C)C)CC2)CC1. The molecule has 0 atom stereocenters. The Hall–Kier alpha value is -0.0800. The van der Waals surface area contributed by atoms with E-state index < -0.39 is 0 Å². The molecule has 0 spiro atoms. The van der Waals surface area contributed by atoms with E-state index in [2.05, 4.69) is 51.3 Å². The number of nitrogens with zero attached hydrogens (tertiary/aromatic N) is 2. The summed E-state index contributed by atoms with van der Waals surface area (Å²) in [5, 5.41) is 0. The van der Waals surface area contributed by atoms with Crippen LogP contribution in [0.2, 0.25) is 0 Å². The monoisotopic (exact) mass is 280 g/mol. The molecule has 0 aromatic rings. The number of piperidine rings is 2. The fraction of sp³-hybridized carbons (Fsp3) is 1.00. The lowest BCUT2D eigenvalue weighted by Crippen LogP contribution is -2.52. The molecule has 0 radical (unpaired) electrons. The van der Waals surface area contributed by atoms with Crippen LogP contribution in [0.3, 0.4) is 0 Å². The summed E-state index contributed by atoms with van der Waals surface area (Å²) >= 11 is 0. The fourth-order valence-electron chi connectivity index (χ4n) is 4.03. The molecule has 2 heteroatoms. The molecule has 2 nitrogen and oxygen atoms in total. The highest BCUT2D eigenvalue weighted by Gasteiger charge is 2.34. The smallest absolute Gasteiger partial charge is 0.0125 e. The lowest BCUT2D eigenvalue weighted by Gasteiger charge is -2.46. The summed E-state index contributed by atoms with van der Waals surface area (Å²) in [6.45, 7) is 19.5. The van der Waals surface area contributed by atoms with Gasteiger partial charge in [-0.3, -0.25) is 4.90 Å². The number of hydrogen-bond acceptors (Lipinski definition) is 2. The van der Waals surface area contributed by atoms with E-state index in [1.54, 1.807) is 0 Å². The molecule has 2 fully saturated rings. The van der Waals surface area contributed by atoms with Gasteiger partial charge in [0.1, 0.15) is 0 Å². The fourth-order valence-corrected chi connectivity index (χ4v) is 4.03. The summed E-state index contributed by atoms with van der Waals surface area (Å²) < 4.78 is 0. The zero-order chi connectivity index (χ0) is 15.0. The minimum absolute atomic E-state index is 0.351. The third kappa shape index (κ3) is 3.98. The largest absolute Gasteiger partial charge is 0.300 e. The van der Waals surface area contributed by atoms with Gasteiger partial charge in [-0.1, -0.05) is 20.8 Å². The summed E-state index contributed by atoms with van der Waals surface area (Å²) in [5.41, 5.74) is 0.853. The molecule has 0 aliphatic carbocycles. The molecule has 0 saturated carbocycles. The molecule has 20 heavy (non-hydrogen) atoms. The van der Waals surface area contributed by atoms with E-state index >= 15 is 0 Å². The Morgan fingerprint density at radius 1 is 0.700 bits per heavy atom. The molecular formula is C18H36N2. The van der Waals surface area contributed by atoms with Crippen LogP contribution in [0, 0.1) is 11.3 Å². The molecule has 2 heterocycles. The summed E-state index contributed by atoms with van der Waals surface area (Å²) in [6.07, 6.45) is 5.56. The number of rotatable bonds is 1. The predicted octanol–water partition coefficient (Wildman–Crippen LogP) is 4.01. The number of likely N-dealkylation sites (tertiary alicyclic amines) is 2. The maximum absolute atomic E-state index is 2.79. The van der Waals surface area contributed by atoms with Crippen molar-refractivity contribution in [2.75, 3.05) is 26.2 Å². The highest BCUT2D eigenvalue weighted by atomic mass is 15.2. The van der Waals surface area contributed by atoms with Gasteiger partial charge in [-0.25, -0.2) is 0 Å². The van der Waals surface area contributed by atoms with Gasteiger partial charge in [0.05, 0.1) is 0 Å². The van der Waals surface area contributed by atoms with Gasteiger partial charge in [-0.15, -0.1) is 0 Å². The molecule has 2 saturated heterocycles. The van der Waals surface area contributed by atoms with Gasteiger partial charge in [0.25, 0.3) is 0 Å². The second kappa shape index (κ2) is 5.96. The van der Waals surface area contributed by atoms with E-state index in [-0.39, 0.29) is 0 Å². The first kappa shape index (κ1) is 16.3. The molecule has 0 N–H and O–H groups in total. The average molecular weight is 280 g/mol. The Labute approximate surface area is 126 Å². The van der Waals surface area contributed by atoms with Crippen molar-refractivity contribution in [1.82, 2.24) is 9.80 Å². The van der Waals surface area contributed by atoms with E-state index in [1.807, 2.05) is 0 Å². The summed E-state index contributed by atoms with van der Waals surface area (Å²) in [4.78, 5) is 5.45. The maximum atomic E-state index is 2.79. The van der Waals surface area contributed by atoms with Crippen LogP contribution in [0.1, 0.15) is 67.2 Å². The van der Waals surface area contributed by atoms with Crippen LogP contribution in [0.4, 0.5) is 0 Å². The summed E-state index contributed by atoms with van der Waals surface area (Å²) in [6, 6.07) is 0.856. The minimum atomic E-state index is 0.351. The van der Waals surface area contributed by atoms with Crippen molar-refractivity contribution in [3.05, 3.63) is 0 Å². The van der Waals surface area contributed by atoms with Crippen molar-refractivity contribution < 1.29 is 0 Å². The Balaban J connectivity index is 1.79. The Morgan fingerprint density at radius 2 is 1.20 bits per heavy atom. The molecule has 0 aromatic carbocycles. The third-order valence-electron chi connectivity index (χ3n) is 5.68. The van der Waals surface area contributed by atoms with Crippen molar-refractivity contribution in [2.45, 2.75) is 78.8 Å². The standard InChI is InChI=1S/C18H36N2/c1-17(2,3)15-7-11-19(12-8-15)16-9-13-20(14-10-16)18(4,5)6/h15-16H,7-14H2,1-6H3. The number of hydrogen-bond donors (Lipinski definition) is 0. The molecule has 0 amide bonds. The zero-order valence-corrected chi connectivity index (χ0v) is 14.7. The molecular weight excluding hydrogens is 244 g/mol. The Bertz CT molecular complexity index is 262. The third-order valence-corrected chi connectivity index (χ3v) is 5.68. The Morgan fingerprint density at radius 3 is 1.60 bits per heavy atom. The topological polar surface area (TPSA) is 6.48 Å². The first-order valence-electron chi connectivity index (χ1n) is 8.67. The van der Waals surface area contributed by atoms with Crippen LogP contribution in [-0.2, 0) is 0 Å². The first-order valence-corrected chi connectivity index (χ1v) is 8.67. The minimum Gasteiger partial charge on any atom is -0.300 e. The van der Waals surface area contributed by atoms with Gasteiger partial charge in [-0.2, -0.15) is 0 Å². The van der Waals surface area contributed by atoms with Crippen LogP contribution in [-0.4, -0.2) is 47.6 Å². The molecule has 2 aliphatic rings. The van der Waals surface area contributed by atoms with Crippen LogP contribution in [0.25, 0.3) is 0 Å². The quantitative estimate of drug-likeness (QED) is 0.716. The van der Waals surface area contributed by atoms with E-state index in [1.165, 1.54) is 51.9 Å². The van der Waals surface area contributed by atoms with Crippen LogP contribution < -0.4 is 0 Å². The van der Waals surface area contributed by atoms with E-state index in [0.29, 0.717) is 11.0 Å². The average Bonchev–Trinajstić information content (AvgIpc) is 2.37. The van der Waals surface area contributed by atoms with Crippen molar-refractivity contribution >= 4 is 0 Å². The molecule has 0 unspecified atom stereocenters. The highest BCUT2D eigenvalue weighted by Crippen LogP contribution is 2.35. The molecule has 0 bridgehead atoms. The van der Waals surface area contributed by atoms with Crippen molar-refractivity contribution in [2.24, 2.45) is 11.3 Å². The van der Waals surface area contributed by atoms with E-state index in [4.69, 9.17) is 0 Å². The van der Waals surface area contributed by atoms with Gasteiger partial charge in [0, 0.05) is 24.7 Å². The summed E-state index contributed by atoms with van der Waals surface area (Å²) in [7, 11) is 0. The lowest BCUT2D eigenvalue weighted by molar-refractivity contribution is 0.0285. The second-order valence-electron chi connectivity index (χ2n) is 9.07. The summed E-state index contributed by atoms with van der Waals surface area (Å²) in [5.74, 6) is 0.924. The van der Waals surface area contributed by atoms with Crippen LogP contribution in [0.5, 0.6) is 0 Å². The van der Waals surface area contributed by atoms with Crippen molar-refractivity contribution in [1.29, 1.82) is 0 Å². The predicted molar refractivity (Wildman–Crippen MR) is 88.1 cm³/mol. The molecule has 0 aromatic heterocycles. The second-order valence-corrected chi connectivity index (χ2v) is 9.07. The maximum Gasteiger partial charge on any atom is 0.0125 e. The normalized spacial score (nSPS) is 26.1. The van der Waals surface area contributed by atoms with Gasteiger partial charge < -0.3 is 4.90 Å². The van der Waals surface area contributed by atoms with Crippen molar-refractivity contribution in [3.8, 4) is 0 Å². The van der Waals surface area contributed by atoms with Crippen molar-refractivity contribution in [3.63, 3.8) is 0 Å². The highest BCUT2D eigenvalue weighted by molar-refractivity contribution is 4.88. The van der Waals surface area contributed by atoms with Gasteiger partial charge in [-0.05, 0) is 70.9 Å². The van der Waals surface area contributed by atoms with Gasteiger partial charge in [0.2, 0.25) is 0 Å². The molecule has 2 aliphatic heterocycles. The zero-order valence-electron chi connectivity index (χ0n) is 14.7. The van der Waals surface area contributed by atoms with Gasteiger partial charge >= 0.3 is 0 Å². The van der Waals surface area contributed by atoms with E-state index in [0.717, 1.165) is 12.0 Å². The molecule has 2 rings (SSSR count). The Kier molecular flexibility index (Phi) is 4.86.